The quantitative estimate of drug-likeness (QED) is 0.131. The number of aromatic nitrogens is 1. The first-order valence-electron chi connectivity index (χ1n) is 18.2. The maximum absolute atomic E-state index is 6.49. The Kier molecular flexibility index (Phi) is 7.69. The van der Waals surface area contributed by atoms with Crippen LogP contribution in [0.5, 0.6) is 0 Å². The average molecular weight is 695 g/mol. The van der Waals surface area contributed by atoms with Gasteiger partial charge in [0.05, 0.1) is 17.6 Å². The minimum Gasteiger partial charge on any atom is -0.456 e. The van der Waals surface area contributed by atoms with Crippen LogP contribution in [-0.4, -0.2) is 29.5 Å². The first kappa shape index (κ1) is 31.6. The van der Waals surface area contributed by atoms with E-state index in [0.717, 1.165) is 61.5 Å². The second-order valence-electron chi connectivity index (χ2n) is 13.7. The fourth-order valence-electron chi connectivity index (χ4n) is 7.69. The molecule has 1 aliphatic carbocycles. The van der Waals surface area contributed by atoms with Gasteiger partial charge in [-0.2, -0.15) is 0 Å². The van der Waals surface area contributed by atoms with Crippen LogP contribution in [0.3, 0.4) is 0 Å². The molecule has 0 saturated carbocycles. The van der Waals surface area contributed by atoms with Gasteiger partial charge in [0.25, 0.3) is 0 Å². The molecule has 0 radical (unpaired) electrons. The molecule has 0 aliphatic heterocycles. The molecule has 10 rings (SSSR count). The van der Waals surface area contributed by atoms with Crippen LogP contribution in [0, 0.1) is 0 Å². The van der Waals surface area contributed by atoms with Crippen molar-refractivity contribution >= 4 is 83.7 Å². The monoisotopic (exact) mass is 694 g/mol. The minimum absolute atomic E-state index is 0.481. The van der Waals surface area contributed by atoms with E-state index < -0.39 is 0 Å². The van der Waals surface area contributed by atoms with Crippen LogP contribution in [-0.2, 0) is 0 Å². The highest BCUT2D eigenvalue weighted by Gasteiger charge is 2.17. The van der Waals surface area contributed by atoms with Crippen molar-refractivity contribution in [3.8, 4) is 5.69 Å². The number of amidine groups is 2. The van der Waals surface area contributed by atoms with Crippen molar-refractivity contribution in [1.29, 1.82) is 0 Å². The van der Waals surface area contributed by atoms with Crippen LogP contribution in [0.2, 0.25) is 0 Å². The molecule has 1 aliphatic rings. The van der Waals surface area contributed by atoms with Crippen molar-refractivity contribution in [2.45, 2.75) is 6.42 Å². The molecule has 0 amide bonds. The van der Waals surface area contributed by atoms with E-state index in [1.807, 2.05) is 18.2 Å². The van der Waals surface area contributed by atoms with Crippen molar-refractivity contribution < 1.29 is 4.42 Å². The zero-order valence-corrected chi connectivity index (χ0v) is 29.5. The smallest absolute Gasteiger partial charge is 0.161 e. The Morgan fingerprint density at radius 1 is 0.593 bits per heavy atom. The zero-order chi connectivity index (χ0) is 36.0. The first-order chi connectivity index (χ1) is 26.7. The number of hydrogen-bond acceptors (Lipinski definition) is 2. The Morgan fingerprint density at radius 3 is 2.22 bits per heavy atom. The number of furan rings is 1. The minimum atomic E-state index is 0.481. The fourth-order valence-corrected chi connectivity index (χ4v) is 7.69. The van der Waals surface area contributed by atoms with E-state index in [2.05, 4.69) is 168 Å². The molecule has 0 N–H and O–H groups in total. The van der Waals surface area contributed by atoms with E-state index in [1.165, 1.54) is 32.6 Å². The Bertz CT molecular complexity index is 3130. The summed E-state index contributed by atoms with van der Waals surface area (Å²) < 4.78 is 8.85. The van der Waals surface area contributed by atoms with Crippen molar-refractivity contribution in [1.82, 2.24) is 4.57 Å². The topological polar surface area (TPSA) is 55.1 Å². The molecule has 2 aromatic heterocycles. The number of aliphatic imine (C=N–C) groups is 3. The maximum Gasteiger partial charge on any atom is 0.161 e. The van der Waals surface area contributed by atoms with Crippen LogP contribution in [0.4, 0.5) is 0 Å². The fraction of sp³-hybridized carbons (Fsp3) is 0.0408. The van der Waals surface area contributed by atoms with Crippen molar-refractivity contribution in [2.75, 3.05) is 6.54 Å². The largest absolute Gasteiger partial charge is 0.456 e. The van der Waals surface area contributed by atoms with E-state index in [9.17, 15) is 0 Å². The Balaban J connectivity index is 1.07. The molecular formula is C49H34N4O. The van der Waals surface area contributed by atoms with Gasteiger partial charge in [-0.1, -0.05) is 115 Å². The normalized spacial score (nSPS) is 13.8. The van der Waals surface area contributed by atoms with Gasteiger partial charge in [-0.05, 0) is 94.9 Å². The number of benzene rings is 7. The van der Waals surface area contributed by atoms with Gasteiger partial charge in [-0.3, -0.25) is 4.99 Å². The van der Waals surface area contributed by atoms with Crippen LogP contribution in [0.1, 0.15) is 17.5 Å². The molecule has 7 aromatic carbocycles. The number of rotatable bonds is 5. The molecule has 0 spiro atoms. The summed E-state index contributed by atoms with van der Waals surface area (Å²) >= 11 is 0. The lowest BCUT2D eigenvalue weighted by Crippen LogP contribution is -2.06. The van der Waals surface area contributed by atoms with Crippen LogP contribution in [0.25, 0.3) is 71.0 Å². The second kappa shape index (κ2) is 13.1. The first-order valence-corrected chi connectivity index (χ1v) is 18.2. The third-order valence-electron chi connectivity index (χ3n) is 10.4. The van der Waals surface area contributed by atoms with E-state index in [0.29, 0.717) is 18.2 Å². The van der Waals surface area contributed by atoms with Gasteiger partial charge in [0.15, 0.2) is 11.7 Å². The summed E-state index contributed by atoms with van der Waals surface area (Å²) in [5.41, 5.74) is 7.86. The highest BCUT2D eigenvalue weighted by molar-refractivity contribution is 6.16. The molecule has 0 bridgehead atoms. The van der Waals surface area contributed by atoms with Gasteiger partial charge in [0.2, 0.25) is 0 Å². The third kappa shape index (κ3) is 5.54. The highest BCUT2D eigenvalue weighted by atomic mass is 16.3. The molecule has 0 unspecified atom stereocenters. The van der Waals surface area contributed by atoms with E-state index in [4.69, 9.17) is 14.4 Å². The standard InChI is InChI=1S/C49H34N4O/c1-50-48(52-49(51-31-32-12-4-2-3-5-13-32)37-21-20-33-14-6-7-15-34(33)26-37)38-22-24-41-43-30-39(23-25-46(43)54-47(41)29-38)53-44-19-11-10-18-40(44)42-27-35-16-8-9-17-36(35)28-45(42)53/h2-4,6-30H,1,5,31H2. The van der Waals surface area contributed by atoms with Gasteiger partial charge in [-0.25, -0.2) is 9.98 Å². The van der Waals surface area contributed by atoms with Gasteiger partial charge in [0, 0.05) is 38.4 Å². The van der Waals surface area contributed by atoms with Crippen molar-refractivity contribution in [2.24, 2.45) is 15.0 Å². The van der Waals surface area contributed by atoms with Gasteiger partial charge >= 0.3 is 0 Å². The number of allylic oxidation sites excluding steroid dienone is 4. The highest BCUT2D eigenvalue weighted by Crippen LogP contribution is 2.37. The zero-order valence-electron chi connectivity index (χ0n) is 29.5. The Hall–Kier alpha value is -7.11. The lowest BCUT2D eigenvalue weighted by molar-refractivity contribution is 0.669. The molecular weight excluding hydrogens is 661 g/mol. The summed E-state index contributed by atoms with van der Waals surface area (Å²) in [6, 6.07) is 49.0. The molecule has 0 saturated heterocycles. The molecule has 5 heteroatoms. The number of para-hydroxylation sites is 1. The molecule has 0 fully saturated rings. The second-order valence-corrected chi connectivity index (χ2v) is 13.7. The summed E-state index contributed by atoms with van der Waals surface area (Å²) in [4.78, 5) is 14.5. The predicted molar refractivity (Wildman–Crippen MR) is 228 cm³/mol. The number of fused-ring (bicyclic) bond motifs is 8. The SMILES string of the molecule is C=NC(=NC(=NCC1=CCC=CC=C1)c1ccc2ccccc2c1)c1ccc2c(c1)oc1ccc(-n3c4ccccc4c4cc5ccccc5cc43)cc12. The molecule has 2 heterocycles. The summed E-state index contributed by atoms with van der Waals surface area (Å²) in [6.45, 7) is 4.43. The summed E-state index contributed by atoms with van der Waals surface area (Å²) in [5, 5.41) is 9.28. The van der Waals surface area contributed by atoms with Gasteiger partial charge in [0.1, 0.15) is 11.2 Å². The van der Waals surface area contributed by atoms with Gasteiger partial charge < -0.3 is 8.98 Å². The summed E-state index contributed by atoms with van der Waals surface area (Å²) in [5.74, 6) is 1.08. The maximum atomic E-state index is 6.49. The van der Waals surface area contributed by atoms with Gasteiger partial charge in [-0.15, -0.1) is 0 Å². The third-order valence-corrected chi connectivity index (χ3v) is 10.4. The van der Waals surface area contributed by atoms with E-state index in [1.54, 1.807) is 0 Å². The average Bonchev–Trinajstić information content (AvgIpc) is 3.61. The molecule has 0 atom stereocenters. The summed E-state index contributed by atoms with van der Waals surface area (Å²) in [7, 11) is 0. The predicted octanol–water partition coefficient (Wildman–Crippen LogP) is 12.3. The number of hydrogen-bond donors (Lipinski definition) is 0. The Labute approximate surface area is 311 Å². The van der Waals surface area contributed by atoms with Crippen LogP contribution >= 0.6 is 0 Å². The van der Waals surface area contributed by atoms with E-state index in [-0.39, 0.29) is 0 Å². The summed E-state index contributed by atoms with van der Waals surface area (Å²) in [6.07, 6.45) is 11.4. The lowest BCUT2D eigenvalue weighted by Gasteiger charge is -2.09. The molecule has 9 aromatic rings. The van der Waals surface area contributed by atoms with Crippen LogP contribution < -0.4 is 0 Å². The molecule has 54 heavy (non-hydrogen) atoms. The molecule has 256 valence electrons. The van der Waals surface area contributed by atoms with Crippen LogP contribution in [0.15, 0.2) is 195 Å². The lowest BCUT2D eigenvalue weighted by atomic mass is 10.1. The van der Waals surface area contributed by atoms with Crippen molar-refractivity contribution in [3.63, 3.8) is 0 Å². The molecule has 5 nitrogen and oxygen atoms in total. The van der Waals surface area contributed by atoms with Crippen molar-refractivity contribution in [3.05, 3.63) is 187 Å². The number of nitrogens with zero attached hydrogens (tertiary/aromatic N) is 4. The van der Waals surface area contributed by atoms with E-state index >= 15 is 0 Å². The Morgan fingerprint density at radius 2 is 1.35 bits per heavy atom.